The lowest BCUT2D eigenvalue weighted by Gasteiger charge is -2.02. The Morgan fingerprint density at radius 1 is 1.47 bits per heavy atom. The lowest BCUT2D eigenvalue weighted by molar-refractivity contribution is -0.142. The third-order valence-electron chi connectivity index (χ3n) is 2.33. The van der Waals surface area contributed by atoms with Gasteiger partial charge in [0.2, 0.25) is 0 Å². The third-order valence-corrected chi connectivity index (χ3v) is 2.33. The van der Waals surface area contributed by atoms with Crippen molar-refractivity contribution in [2.45, 2.75) is 32.1 Å². The van der Waals surface area contributed by atoms with Gasteiger partial charge in [0.15, 0.2) is 5.78 Å². The highest BCUT2D eigenvalue weighted by molar-refractivity contribution is 5.97. The van der Waals surface area contributed by atoms with E-state index in [9.17, 15) is 9.59 Å². The van der Waals surface area contributed by atoms with Gasteiger partial charge < -0.3 is 9.84 Å². The minimum atomic E-state index is -0.941. The van der Waals surface area contributed by atoms with Gasteiger partial charge in [0.05, 0.1) is 0 Å². The zero-order valence-electron chi connectivity index (χ0n) is 8.70. The van der Waals surface area contributed by atoms with Crippen LogP contribution in [0.4, 0.5) is 0 Å². The molecule has 4 heteroatoms. The molecule has 1 N–H and O–H groups in total. The van der Waals surface area contributed by atoms with Gasteiger partial charge in [-0.25, -0.2) is 4.79 Å². The molecule has 0 radical (unpaired) electrons. The molecule has 1 rings (SSSR count). The second-order valence-electron chi connectivity index (χ2n) is 3.59. The molecule has 0 heterocycles. The van der Waals surface area contributed by atoms with Crippen molar-refractivity contribution < 1.29 is 19.4 Å². The molecule has 0 fully saturated rings. The number of carbonyl (C=O) groups is 2. The first kappa shape index (κ1) is 11.9. The van der Waals surface area contributed by atoms with Crippen molar-refractivity contribution in [3.63, 3.8) is 0 Å². The van der Waals surface area contributed by atoms with Crippen LogP contribution in [0.5, 0.6) is 0 Å². The van der Waals surface area contributed by atoms with Crippen molar-refractivity contribution in [2.75, 3.05) is 13.2 Å². The monoisotopic (exact) mass is 212 g/mol. The van der Waals surface area contributed by atoms with E-state index in [2.05, 4.69) is 0 Å². The number of hydrogen-bond donors (Lipinski definition) is 1. The molecule has 0 unspecified atom stereocenters. The van der Waals surface area contributed by atoms with Crippen molar-refractivity contribution in [2.24, 2.45) is 0 Å². The number of Topliss-reactive ketones (excluding diaryl/α,β-unsaturated/α-hetero) is 1. The van der Waals surface area contributed by atoms with Gasteiger partial charge in [-0.1, -0.05) is 6.08 Å². The van der Waals surface area contributed by atoms with E-state index in [0.29, 0.717) is 13.0 Å². The SMILES string of the molecule is O=C(O)COCCCCC1=CCCC1=O. The van der Waals surface area contributed by atoms with E-state index >= 15 is 0 Å². The van der Waals surface area contributed by atoms with E-state index in [1.165, 1.54) is 0 Å². The van der Waals surface area contributed by atoms with Gasteiger partial charge in [-0.3, -0.25) is 4.79 Å². The molecule has 1 aliphatic carbocycles. The minimum Gasteiger partial charge on any atom is -0.480 e. The number of aliphatic carboxylic acids is 1. The number of carboxylic acid groups (broad SMARTS) is 1. The topological polar surface area (TPSA) is 63.6 Å². The summed E-state index contributed by atoms with van der Waals surface area (Å²) < 4.78 is 4.88. The van der Waals surface area contributed by atoms with Crippen LogP contribution >= 0.6 is 0 Å². The Bertz CT molecular complexity index is 268. The molecule has 0 atom stereocenters. The Kier molecular flexibility index (Phi) is 5.04. The number of unbranched alkanes of at least 4 members (excludes halogenated alkanes) is 1. The summed E-state index contributed by atoms with van der Waals surface area (Å²) in [7, 11) is 0. The maximum Gasteiger partial charge on any atom is 0.329 e. The van der Waals surface area contributed by atoms with Gasteiger partial charge in [0.25, 0.3) is 0 Å². The molecule has 0 spiro atoms. The molecule has 0 aromatic carbocycles. The predicted molar refractivity (Wildman–Crippen MR) is 54.6 cm³/mol. The van der Waals surface area contributed by atoms with Crippen LogP contribution < -0.4 is 0 Å². The van der Waals surface area contributed by atoms with Crippen LogP contribution in [0, 0.1) is 0 Å². The standard InChI is InChI=1S/C11H16O4/c12-10-6-3-5-9(10)4-1-2-7-15-8-11(13)14/h5H,1-4,6-8H2,(H,13,14). The van der Waals surface area contributed by atoms with Crippen LogP contribution in [0.2, 0.25) is 0 Å². The predicted octanol–water partition coefficient (Wildman–Crippen LogP) is 1.55. The molecule has 0 amide bonds. The number of carbonyl (C=O) groups excluding carboxylic acids is 1. The Hall–Kier alpha value is -1.16. The Morgan fingerprint density at radius 2 is 2.27 bits per heavy atom. The molecule has 0 aromatic heterocycles. The Balaban J connectivity index is 1.97. The first-order chi connectivity index (χ1) is 7.20. The van der Waals surface area contributed by atoms with Crippen LogP contribution in [-0.4, -0.2) is 30.1 Å². The molecule has 0 bridgehead atoms. The van der Waals surface area contributed by atoms with Crippen molar-refractivity contribution in [3.8, 4) is 0 Å². The molecular formula is C11H16O4. The second-order valence-corrected chi connectivity index (χ2v) is 3.59. The maximum atomic E-state index is 11.2. The van der Waals surface area contributed by atoms with E-state index in [0.717, 1.165) is 31.3 Å². The minimum absolute atomic E-state index is 0.234. The van der Waals surface area contributed by atoms with Crippen LogP contribution in [0.1, 0.15) is 32.1 Å². The molecule has 0 saturated heterocycles. The van der Waals surface area contributed by atoms with Crippen LogP contribution in [-0.2, 0) is 14.3 Å². The summed E-state index contributed by atoms with van der Waals surface area (Å²) in [6.07, 6.45) is 6.03. The van der Waals surface area contributed by atoms with E-state index in [4.69, 9.17) is 9.84 Å². The Labute approximate surface area is 88.9 Å². The lowest BCUT2D eigenvalue weighted by Crippen LogP contribution is -2.07. The molecule has 0 aromatic rings. The van der Waals surface area contributed by atoms with Crippen molar-refractivity contribution in [3.05, 3.63) is 11.6 Å². The zero-order chi connectivity index (χ0) is 11.1. The molecular weight excluding hydrogens is 196 g/mol. The first-order valence-electron chi connectivity index (χ1n) is 5.22. The number of ether oxygens (including phenoxy) is 1. The van der Waals surface area contributed by atoms with Gasteiger partial charge in [-0.15, -0.1) is 0 Å². The summed E-state index contributed by atoms with van der Waals surface area (Å²) in [4.78, 5) is 21.3. The second kappa shape index (κ2) is 6.35. The average Bonchev–Trinajstić information content (AvgIpc) is 2.57. The smallest absolute Gasteiger partial charge is 0.329 e. The summed E-state index contributed by atoms with van der Waals surface area (Å²) in [6.45, 7) is 0.218. The summed E-state index contributed by atoms with van der Waals surface area (Å²) in [6, 6.07) is 0. The van der Waals surface area contributed by atoms with Crippen LogP contribution in [0.25, 0.3) is 0 Å². The van der Waals surface area contributed by atoms with Gasteiger partial charge in [0.1, 0.15) is 6.61 Å². The number of hydrogen-bond acceptors (Lipinski definition) is 3. The molecule has 4 nitrogen and oxygen atoms in total. The quantitative estimate of drug-likeness (QED) is 0.650. The maximum absolute atomic E-state index is 11.2. The van der Waals surface area contributed by atoms with E-state index in [1.54, 1.807) is 0 Å². The lowest BCUT2D eigenvalue weighted by atomic mass is 10.1. The summed E-state index contributed by atoms with van der Waals surface area (Å²) in [5.41, 5.74) is 0.938. The number of rotatable bonds is 7. The summed E-state index contributed by atoms with van der Waals surface area (Å²) in [5, 5.41) is 8.30. The van der Waals surface area contributed by atoms with Crippen LogP contribution in [0.3, 0.4) is 0 Å². The van der Waals surface area contributed by atoms with Gasteiger partial charge >= 0.3 is 5.97 Å². The fourth-order valence-electron chi connectivity index (χ4n) is 1.57. The summed E-state index contributed by atoms with van der Waals surface area (Å²) in [5.74, 6) is -0.676. The van der Waals surface area contributed by atoms with E-state index in [1.807, 2.05) is 6.08 Å². The molecule has 1 aliphatic rings. The fraction of sp³-hybridized carbons (Fsp3) is 0.636. The largest absolute Gasteiger partial charge is 0.480 e. The third kappa shape index (κ3) is 4.74. The number of ketones is 1. The van der Waals surface area contributed by atoms with E-state index < -0.39 is 5.97 Å². The first-order valence-corrected chi connectivity index (χ1v) is 5.22. The molecule has 84 valence electrons. The molecule has 0 saturated carbocycles. The Morgan fingerprint density at radius 3 is 2.87 bits per heavy atom. The highest BCUT2D eigenvalue weighted by Gasteiger charge is 2.13. The number of carboxylic acids is 1. The van der Waals surface area contributed by atoms with E-state index in [-0.39, 0.29) is 12.4 Å². The summed E-state index contributed by atoms with van der Waals surface area (Å²) >= 11 is 0. The van der Waals surface area contributed by atoms with Gasteiger partial charge in [-0.05, 0) is 31.3 Å². The molecule has 15 heavy (non-hydrogen) atoms. The highest BCUT2D eigenvalue weighted by atomic mass is 16.5. The van der Waals surface area contributed by atoms with Crippen molar-refractivity contribution in [1.82, 2.24) is 0 Å². The van der Waals surface area contributed by atoms with Crippen LogP contribution in [0.15, 0.2) is 11.6 Å². The zero-order valence-corrected chi connectivity index (χ0v) is 8.70. The average molecular weight is 212 g/mol. The highest BCUT2D eigenvalue weighted by Crippen LogP contribution is 2.19. The fourth-order valence-corrected chi connectivity index (χ4v) is 1.57. The normalized spacial score (nSPS) is 15.5. The van der Waals surface area contributed by atoms with Crippen molar-refractivity contribution in [1.29, 1.82) is 0 Å². The number of allylic oxidation sites excluding steroid dienone is 2. The van der Waals surface area contributed by atoms with Crippen molar-refractivity contribution >= 4 is 11.8 Å². The van der Waals surface area contributed by atoms with Gasteiger partial charge in [-0.2, -0.15) is 0 Å². The van der Waals surface area contributed by atoms with Gasteiger partial charge in [0, 0.05) is 13.0 Å². The molecule has 0 aliphatic heterocycles.